The predicted molar refractivity (Wildman–Crippen MR) is 128 cm³/mol. The summed E-state index contributed by atoms with van der Waals surface area (Å²) in [6.07, 6.45) is 1.64. The molecule has 0 fully saturated rings. The monoisotopic (exact) mass is 505 g/mol. The molecule has 0 unspecified atom stereocenters. The summed E-state index contributed by atoms with van der Waals surface area (Å²) >= 11 is 0. The maximum absolute atomic E-state index is 11.7. The fraction of sp³-hybridized carbons (Fsp3) is 0.385. The van der Waals surface area contributed by atoms with Crippen LogP contribution in [-0.2, 0) is 14.4 Å². The number of aliphatic imine (C=N–C) groups is 1. The van der Waals surface area contributed by atoms with Crippen molar-refractivity contribution in [2.45, 2.75) is 64.6 Å². The highest BCUT2D eigenvalue weighted by atomic mass is 19.4. The SMILES string of the molecule is CCC(=O)CCCCC[C@H](NC(C)=O)C1=NC=C(c2ccc3ccccc3c2)[NH2+]1.O=C([O-])C(F)(F)F. The van der Waals surface area contributed by atoms with E-state index in [1.165, 1.54) is 10.8 Å². The minimum Gasteiger partial charge on any atom is -0.542 e. The minimum absolute atomic E-state index is 0.0496. The molecule has 1 amide bonds. The number of nitrogens with two attached hydrogens (primary N) is 1. The van der Waals surface area contributed by atoms with E-state index in [0.717, 1.165) is 42.8 Å². The number of carboxylic acid groups (broad SMARTS) is 1. The number of aliphatic carboxylic acids is 1. The number of nitrogens with one attached hydrogen (secondary N) is 1. The molecule has 2 aromatic rings. The van der Waals surface area contributed by atoms with Crippen LogP contribution in [0.1, 0.15) is 57.9 Å². The topological polar surface area (TPSA) is 115 Å². The number of rotatable bonds is 10. The van der Waals surface area contributed by atoms with Crippen LogP contribution in [0.15, 0.2) is 53.7 Å². The lowest BCUT2D eigenvalue weighted by molar-refractivity contribution is -0.434. The molecule has 0 saturated carbocycles. The number of nitrogens with zero attached hydrogens (tertiary/aromatic N) is 1. The summed E-state index contributed by atoms with van der Waals surface area (Å²) < 4.78 is 31.5. The summed E-state index contributed by atoms with van der Waals surface area (Å²) in [5.41, 5.74) is 2.19. The zero-order valence-corrected chi connectivity index (χ0v) is 20.2. The Morgan fingerprint density at radius 2 is 1.72 bits per heavy atom. The van der Waals surface area contributed by atoms with Gasteiger partial charge < -0.3 is 15.2 Å². The number of unbranched alkanes of at least 4 members (excludes halogenated alkanes) is 2. The zero-order chi connectivity index (χ0) is 26.7. The molecule has 0 spiro atoms. The Morgan fingerprint density at radius 1 is 1.06 bits per heavy atom. The van der Waals surface area contributed by atoms with Gasteiger partial charge in [0.25, 0.3) is 0 Å². The summed E-state index contributed by atoms with van der Waals surface area (Å²) in [6.45, 7) is 3.45. The number of hydrogen-bond acceptors (Lipinski definition) is 5. The highest BCUT2D eigenvalue weighted by Crippen LogP contribution is 2.20. The molecule has 0 bridgehead atoms. The van der Waals surface area contributed by atoms with E-state index >= 15 is 0 Å². The van der Waals surface area contributed by atoms with Gasteiger partial charge in [-0.1, -0.05) is 50.1 Å². The van der Waals surface area contributed by atoms with Gasteiger partial charge in [0.05, 0.1) is 6.20 Å². The fourth-order valence-electron chi connectivity index (χ4n) is 3.66. The number of quaternary nitrogens is 1. The number of carboxylic acids is 1. The van der Waals surface area contributed by atoms with Crippen molar-refractivity contribution in [2.75, 3.05) is 0 Å². The number of amides is 1. The molecule has 7 nitrogen and oxygen atoms in total. The Hall–Kier alpha value is -3.53. The highest BCUT2D eigenvalue weighted by molar-refractivity contribution is 5.91. The van der Waals surface area contributed by atoms with Gasteiger partial charge >= 0.3 is 6.18 Å². The van der Waals surface area contributed by atoms with Gasteiger partial charge in [-0.25, -0.2) is 4.99 Å². The second-order valence-electron chi connectivity index (χ2n) is 8.37. The summed E-state index contributed by atoms with van der Waals surface area (Å²) in [4.78, 5) is 36.5. The van der Waals surface area contributed by atoms with E-state index in [-0.39, 0.29) is 11.9 Å². The molecule has 0 aromatic heterocycles. The Bertz CT molecular complexity index is 1140. The van der Waals surface area contributed by atoms with Crippen molar-refractivity contribution in [2.24, 2.45) is 4.99 Å². The molecule has 194 valence electrons. The molecule has 0 radical (unpaired) electrons. The Balaban J connectivity index is 0.000000572. The average molecular weight is 506 g/mol. The lowest BCUT2D eigenvalue weighted by atomic mass is 10.0. The van der Waals surface area contributed by atoms with Crippen molar-refractivity contribution in [3.8, 4) is 0 Å². The van der Waals surface area contributed by atoms with Crippen LogP contribution in [0.5, 0.6) is 0 Å². The lowest BCUT2D eigenvalue weighted by Gasteiger charge is -2.16. The molecule has 1 aliphatic rings. The first-order valence-corrected chi connectivity index (χ1v) is 11.7. The number of amidine groups is 1. The maximum atomic E-state index is 11.7. The molecule has 2 aromatic carbocycles. The Morgan fingerprint density at radius 3 is 2.33 bits per heavy atom. The van der Waals surface area contributed by atoms with Crippen molar-refractivity contribution >= 4 is 40.0 Å². The highest BCUT2D eigenvalue weighted by Gasteiger charge is 2.29. The molecular weight excluding hydrogens is 475 g/mol. The van der Waals surface area contributed by atoms with Gasteiger partial charge in [0, 0.05) is 25.3 Å². The number of fused-ring (bicyclic) bond motifs is 1. The number of carbonyl (C=O) groups is 3. The van der Waals surface area contributed by atoms with E-state index < -0.39 is 12.1 Å². The normalized spacial score (nSPS) is 13.8. The average Bonchev–Trinajstić information content (AvgIpc) is 3.32. The molecule has 1 heterocycles. The molecule has 36 heavy (non-hydrogen) atoms. The second-order valence-corrected chi connectivity index (χ2v) is 8.37. The third kappa shape index (κ3) is 9.26. The number of ketones is 1. The second kappa shape index (κ2) is 13.5. The van der Waals surface area contributed by atoms with Crippen molar-refractivity contribution in [3.63, 3.8) is 0 Å². The van der Waals surface area contributed by atoms with Crippen LogP contribution in [-0.4, -0.2) is 35.7 Å². The third-order valence-corrected chi connectivity index (χ3v) is 5.55. The number of halogens is 3. The minimum atomic E-state index is -5.19. The van der Waals surface area contributed by atoms with Gasteiger partial charge in [-0.2, -0.15) is 13.2 Å². The van der Waals surface area contributed by atoms with Gasteiger partial charge in [0.15, 0.2) is 5.70 Å². The van der Waals surface area contributed by atoms with Gasteiger partial charge in [0.1, 0.15) is 17.8 Å². The van der Waals surface area contributed by atoms with Crippen LogP contribution in [0.2, 0.25) is 0 Å². The van der Waals surface area contributed by atoms with Crippen molar-refractivity contribution < 1.29 is 38.0 Å². The molecule has 0 aliphatic carbocycles. The van der Waals surface area contributed by atoms with E-state index in [1.807, 2.05) is 25.3 Å². The van der Waals surface area contributed by atoms with Crippen molar-refractivity contribution in [1.82, 2.24) is 5.32 Å². The van der Waals surface area contributed by atoms with Crippen LogP contribution in [0, 0.1) is 0 Å². The molecule has 10 heteroatoms. The van der Waals surface area contributed by atoms with E-state index in [4.69, 9.17) is 9.90 Å². The molecular formula is C26H30F3N3O4. The van der Waals surface area contributed by atoms with E-state index in [2.05, 4.69) is 46.0 Å². The fourth-order valence-corrected chi connectivity index (χ4v) is 3.66. The number of carbonyl (C=O) groups excluding carboxylic acids is 3. The van der Waals surface area contributed by atoms with E-state index in [0.29, 0.717) is 18.6 Å². The molecule has 3 rings (SSSR count). The zero-order valence-electron chi connectivity index (χ0n) is 20.2. The summed E-state index contributed by atoms with van der Waals surface area (Å²) in [6, 6.07) is 14.6. The van der Waals surface area contributed by atoms with Crippen LogP contribution < -0.4 is 15.7 Å². The molecule has 0 saturated heterocycles. The van der Waals surface area contributed by atoms with E-state index in [1.54, 1.807) is 6.92 Å². The van der Waals surface area contributed by atoms with Gasteiger partial charge in [0.2, 0.25) is 11.7 Å². The summed E-state index contributed by atoms with van der Waals surface area (Å²) in [7, 11) is 0. The smallest absolute Gasteiger partial charge is 0.430 e. The quantitative estimate of drug-likeness (QED) is 0.483. The first-order chi connectivity index (χ1) is 17.0. The van der Waals surface area contributed by atoms with Crippen molar-refractivity contribution in [1.29, 1.82) is 0 Å². The van der Waals surface area contributed by atoms with Crippen LogP contribution in [0.3, 0.4) is 0 Å². The van der Waals surface area contributed by atoms with Crippen LogP contribution in [0.25, 0.3) is 16.5 Å². The molecule has 1 aliphatic heterocycles. The van der Waals surface area contributed by atoms with Gasteiger partial charge in [-0.3, -0.25) is 14.9 Å². The first-order valence-electron chi connectivity index (χ1n) is 11.7. The first kappa shape index (κ1) is 28.7. The predicted octanol–water partition coefficient (Wildman–Crippen LogP) is 2.85. The Labute approximate surface area is 207 Å². The number of hydrogen-bond donors (Lipinski definition) is 2. The number of benzene rings is 2. The standard InChI is InChI=1S/C24H29N3O2.C2HF3O2/c1-3-21(29)11-5-4-6-12-22(26-17(2)28)24-25-16-23(27-24)20-14-13-18-9-7-8-10-19(18)15-20;3-2(4,5)1(6)7/h7-10,13-16,22H,3-6,11-12H2,1-2H3,(H,25,27)(H,26,28);(H,6,7)/t22-;/m0./s1. The van der Waals surface area contributed by atoms with Crippen LogP contribution in [0.4, 0.5) is 13.2 Å². The van der Waals surface area contributed by atoms with Gasteiger partial charge in [-0.15, -0.1) is 0 Å². The molecule has 1 atom stereocenters. The van der Waals surface area contributed by atoms with Crippen molar-refractivity contribution in [3.05, 3.63) is 54.2 Å². The Kier molecular flexibility index (Phi) is 10.8. The van der Waals surface area contributed by atoms with E-state index in [9.17, 15) is 22.8 Å². The maximum Gasteiger partial charge on any atom is 0.430 e. The van der Waals surface area contributed by atoms with Crippen LogP contribution >= 0.6 is 0 Å². The third-order valence-electron chi connectivity index (χ3n) is 5.55. The summed E-state index contributed by atoms with van der Waals surface area (Å²) in [5, 5.41) is 16.3. The lowest BCUT2D eigenvalue weighted by Crippen LogP contribution is -2.87. The van der Waals surface area contributed by atoms with Gasteiger partial charge in [-0.05, 0) is 35.7 Å². The number of Topliss-reactive ketones (excluding diaryl/α,β-unsaturated/α-hetero) is 1. The molecule has 3 N–H and O–H groups in total. The summed E-state index contributed by atoms with van der Waals surface area (Å²) in [5.74, 6) is -1.84. The largest absolute Gasteiger partial charge is 0.542 e. The number of alkyl halides is 3.